The molecule has 3 atom stereocenters. The number of aliphatic hydroxyl groups is 3. The summed E-state index contributed by atoms with van der Waals surface area (Å²) in [6.45, 7) is 4.23. The van der Waals surface area contributed by atoms with E-state index in [4.69, 9.17) is 0 Å². The Balaban J connectivity index is 3.49. The molecule has 0 rings (SSSR count). The van der Waals surface area contributed by atoms with Crippen molar-refractivity contribution >= 4 is 5.91 Å². The molecule has 0 spiro atoms. The fourth-order valence-electron chi connectivity index (χ4n) is 9.93. The number of hydrogen-bond donors (Lipinski definition) is 4. The van der Waals surface area contributed by atoms with Gasteiger partial charge in [0.1, 0.15) is 6.10 Å². The Labute approximate surface area is 414 Å². The summed E-state index contributed by atoms with van der Waals surface area (Å²) in [7, 11) is 0. The molecule has 0 fully saturated rings. The first kappa shape index (κ1) is 65.1. The van der Waals surface area contributed by atoms with Crippen molar-refractivity contribution in [1.82, 2.24) is 5.32 Å². The number of carbonyl (C=O) groups excluding carboxylic acids is 1. The van der Waals surface area contributed by atoms with Crippen LogP contribution in [-0.2, 0) is 4.79 Å². The average Bonchev–Trinajstić information content (AvgIpc) is 3.32. The van der Waals surface area contributed by atoms with Crippen LogP contribution in [0.25, 0.3) is 0 Å². The van der Waals surface area contributed by atoms with Crippen molar-refractivity contribution in [2.24, 2.45) is 0 Å². The molecule has 0 aromatic carbocycles. The summed E-state index contributed by atoms with van der Waals surface area (Å²) in [6.07, 6.45) is 71.0. The molecule has 1 amide bonds. The number of nitrogens with one attached hydrogen (secondary N) is 1. The number of amides is 1. The normalized spacial score (nSPS) is 13.2. The molecule has 0 heterocycles. The van der Waals surface area contributed by atoms with E-state index in [-0.39, 0.29) is 12.5 Å². The Morgan fingerprint density at radius 1 is 0.364 bits per heavy atom. The van der Waals surface area contributed by atoms with Gasteiger partial charge in [-0.15, -0.1) is 0 Å². The largest absolute Gasteiger partial charge is 0.394 e. The fraction of sp³-hybridized carbons (Fsp3) is 0.951. The first-order valence-corrected chi connectivity index (χ1v) is 30.5. The van der Waals surface area contributed by atoms with E-state index in [0.717, 1.165) is 32.1 Å². The van der Waals surface area contributed by atoms with Gasteiger partial charge in [0, 0.05) is 6.42 Å². The van der Waals surface area contributed by atoms with Crippen molar-refractivity contribution in [3.8, 4) is 0 Å². The smallest absolute Gasteiger partial charge is 0.220 e. The lowest BCUT2D eigenvalue weighted by Crippen LogP contribution is -2.50. The zero-order valence-electron chi connectivity index (χ0n) is 45.1. The van der Waals surface area contributed by atoms with Crippen LogP contribution >= 0.6 is 0 Å². The van der Waals surface area contributed by atoms with Gasteiger partial charge >= 0.3 is 0 Å². The quantitative estimate of drug-likeness (QED) is 0.0361. The molecule has 0 saturated heterocycles. The van der Waals surface area contributed by atoms with Gasteiger partial charge < -0.3 is 20.6 Å². The van der Waals surface area contributed by atoms with Crippen LogP contribution in [0.2, 0.25) is 0 Å². The minimum Gasteiger partial charge on any atom is -0.394 e. The maximum Gasteiger partial charge on any atom is 0.220 e. The van der Waals surface area contributed by atoms with Crippen molar-refractivity contribution < 1.29 is 20.1 Å². The van der Waals surface area contributed by atoms with Crippen molar-refractivity contribution in [2.75, 3.05) is 6.61 Å². The number of hydrogen-bond acceptors (Lipinski definition) is 4. The zero-order valence-corrected chi connectivity index (χ0v) is 45.1. The highest BCUT2D eigenvalue weighted by atomic mass is 16.3. The number of rotatable bonds is 57. The van der Waals surface area contributed by atoms with E-state index in [1.54, 1.807) is 0 Å². The second-order valence-electron chi connectivity index (χ2n) is 21.3. The number of aliphatic hydroxyl groups excluding tert-OH is 3. The van der Waals surface area contributed by atoms with Gasteiger partial charge in [-0.3, -0.25) is 4.79 Å². The van der Waals surface area contributed by atoms with E-state index >= 15 is 0 Å². The van der Waals surface area contributed by atoms with Crippen LogP contribution in [0.4, 0.5) is 0 Å². The summed E-state index contributed by atoms with van der Waals surface area (Å²) in [4.78, 5) is 12.5. The maximum absolute atomic E-state index is 12.5. The van der Waals surface area contributed by atoms with E-state index < -0.39 is 18.2 Å². The Morgan fingerprint density at radius 3 is 0.879 bits per heavy atom. The molecule has 4 N–H and O–H groups in total. The van der Waals surface area contributed by atoms with Crippen LogP contribution < -0.4 is 5.32 Å². The molecular formula is C61H121NO4. The molecule has 0 aliphatic carbocycles. The highest BCUT2D eigenvalue weighted by Gasteiger charge is 2.26. The van der Waals surface area contributed by atoms with Crippen LogP contribution in [-0.4, -0.2) is 46.1 Å². The van der Waals surface area contributed by atoms with Gasteiger partial charge in [-0.05, 0) is 38.5 Å². The minimum atomic E-state index is -1.13. The van der Waals surface area contributed by atoms with Gasteiger partial charge in [0.2, 0.25) is 5.91 Å². The zero-order chi connectivity index (χ0) is 47.9. The Bertz CT molecular complexity index is 940. The lowest BCUT2D eigenvalue weighted by Gasteiger charge is -2.26. The van der Waals surface area contributed by atoms with E-state index in [1.165, 1.54) is 289 Å². The third kappa shape index (κ3) is 51.0. The fourth-order valence-corrected chi connectivity index (χ4v) is 9.93. The molecule has 0 aliphatic rings. The van der Waals surface area contributed by atoms with Crippen molar-refractivity contribution in [3.05, 3.63) is 12.2 Å². The number of carbonyl (C=O) groups is 1. The second kappa shape index (κ2) is 56.7. The third-order valence-corrected chi connectivity index (χ3v) is 14.6. The van der Waals surface area contributed by atoms with Gasteiger partial charge in [-0.1, -0.05) is 315 Å². The van der Waals surface area contributed by atoms with Gasteiger partial charge in [-0.25, -0.2) is 0 Å². The summed E-state index contributed by atoms with van der Waals surface area (Å²) < 4.78 is 0. The van der Waals surface area contributed by atoms with E-state index in [1.807, 2.05) is 0 Å². The molecule has 0 saturated carbocycles. The minimum absolute atomic E-state index is 0.138. The molecule has 0 bridgehead atoms. The number of unbranched alkanes of at least 4 members (excludes halogenated alkanes) is 47. The summed E-state index contributed by atoms with van der Waals surface area (Å²) in [5.74, 6) is -0.138. The molecule has 3 unspecified atom stereocenters. The molecule has 5 heteroatoms. The highest BCUT2D eigenvalue weighted by molar-refractivity contribution is 5.76. The Morgan fingerprint density at radius 2 is 0.606 bits per heavy atom. The third-order valence-electron chi connectivity index (χ3n) is 14.6. The van der Waals surface area contributed by atoms with E-state index in [2.05, 4.69) is 31.3 Å². The van der Waals surface area contributed by atoms with Crippen LogP contribution in [0.15, 0.2) is 12.2 Å². The topological polar surface area (TPSA) is 89.8 Å². The van der Waals surface area contributed by atoms with Crippen molar-refractivity contribution in [1.29, 1.82) is 0 Å². The first-order chi connectivity index (χ1) is 32.6. The first-order valence-electron chi connectivity index (χ1n) is 30.5. The monoisotopic (exact) mass is 932 g/mol. The SMILES string of the molecule is CCCCCCCCCCCCCC/C=C\CCCCCCCCCCCCCCC(=O)NC(CO)C(O)C(O)CCCCCCCCCCCCCCCCCCCCCCCCCC. The standard InChI is InChI=1S/C61H121NO4/c1-3-5-7-9-11-13-15-17-19-21-23-25-27-29-30-31-32-34-36-38-40-42-44-46-48-50-52-54-56-60(65)62-58(57-63)61(66)59(64)55-53-51-49-47-45-43-41-39-37-35-33-28-26-24-22-20-18-16-14-12-10-8-6-4-2/h29-30,58-59,61,63-64,66H,3-28,31-57H2,1-2H3,(H,62,65)/b30-29-. The molecule has 5 nitrogen and oxygen atoms in total. The van der Waals surface area contributed by atoms with Crippen molar-refractivity contribution in [2.45, 2.75) is 366 Å². The molecule has 0 aromatic heterocycles. The molecule has 0 aliphatic heterocycles. The maximum atomic E-state index is 12.5. The van der Waals surface area contributed by atoms with Gasteiger partial charge in [0.15, 0.2) is 0 Å². The van der Waals surface area contributed by atoms with Gasteiger partial charge in [-0.2, -0.15) is 0 Å². The summed E-state index contributed by atoms with van der Waals surface area (Å²) >= 11 is 0. The number of allylic oxidation sites excluding steroid dienone is 2. The molecule has 394 valence electrons. The van der Waals surface area contributed by atoms with Crippen LogP contribution in [0, 0.1) is 0 Å². The summed E-state index contributed by atoms with van der Waals surface area (Å²) in [5, 5.41) is 33.9. The van der Waals surface area contributed by atoms with Crippen molar-refractivity contribution in [3.63, 3.8) is 0 Å². The predicted octanol–water partition coefficient (Wildman–Crippen LogP) is 19.1. The molecule has 66 heavy (non-hydrogen) atoms. The van der Waals surface area contributed by atoms with Gasteiger partial charge in [0.05, 0.1) is 18.8 Å². The summed E-state index contributed by atoms with van der Waals surface area (Å²) in [5.41, 5.74) is 0. The highest BCUT2D eigenvalue weighted by Crippen LogP contribution is 2.19. The van der Waals surface area contributed by atoms with Crippen LogP contribution in [0.1, 0.15) is 348 Å². The van der Waals surface area contributed by atoms with E-state index in [9.17, 15) is 20.1 Å². The lowest BCUT2D eigenvalue weighted by molar-refractivity contribution is -0.124. The molecular weight excluding hydrogens is 811 g/mol. The summed E-state index contributed by atoms with van der Waals surface area (Å²) in [6, 6.07) is -0.808. The van der Waals surface area contributed by atoms with Crippen LogP contribution in [0.3, 0.4) is 0 Å². The predicted molar refractivity (Wildman–Crippen MR) is 292 cm³/mol. The van der Waals surface area contributed by atoms with Crippen LogP contribution in [0.5, 0.6) is 0 Å². The lowest BCUT2D eigenvalue weighted by atomic mass is 9.99. The van der Waals surface area contributed by atoms with Gasteiger partial charge in [0.25, 0.3) is 0 Å². The second-order valence-corrected chi connectivity index (χ2v) is 21.3. The average molecular weight is 933 g/mol. The Kier molecular flexibility index (Phi) is 55.9. The Hall–Kier alpha value is -0.910. The molecule has 0 radical (unpaired) electrons. The molecule has 0 aromatic rings. The van der Waals surface area contributed by atoms with E-state index in [0.29, 0.717) is 12.8 Å².